The minimum absolute atomic E-state index is 0.519. The third-order valence-electron chi connectivity index (χ3n) is 1.21. The molecule has 0 rings (SSSR count). The summed E-state index contributed by atoms with van der Waals surface area (Å²) in [6.45, 7) is 8.43. The van der Waals surface area contributed by atoms with E-state index in [-0.39, 0.29) is 0 Å². The van der Waals surface area contributed by atoms with Crippen molar-refractivity contribution in [2.45, 2.75) is 32.4 Å². The second-order valence-electron chi connectivity index (χ2n) is 2.95. The van der Waals surface area contributed by atoms with Gasteiger partial charge in [0.1, 0.15) is 11.6 Å². The van der Waals surface area contributed by atoms with Crippen molar-refractivity contribution in [2.24, 2.45) is 0 Å². The molecule has 0 bridgehead atoms. The zero-order chi connectivity index (χ0) is 9.07. The molecule has 1 atom stereocenters. The molecule has 0 aliphatic rings. The summed E-state index contributed by atoms with van der Waals surface area (Å²) in [5.74, 6) is -0.519. The number of rotatable bonds is 3. The standard InChI is InChI=1S/C8H14NO2/c1-5-8(3,4)11-7(10)6(2)9/h5-6,9H,1H2,2-4H3. The molecule has 0 saturated carbocycles. The average Bonchev–Trinajstić information content (AvgIpc) is 1.87. The number of hydrogen-bond acceptors (Lipinski definition) is 2. The van der Waals surface area contributed by atoms with E-state index in [2.05, 4.69) is 6.58 Å². The van der Waals surface area contributed by atoms with Crippen LogP contribution >= 0.6 is 0 Å². The minimum atomic E-state index is -0.825. The third-order valence-corrected chi connectivity index (χ3v) is 1.21. The fourth-order valence-electron chi connectivity index (χ4n) is 0.389. The Balaban J connectivity index is 4.04. The highest BCUT2D eigenvalue weighted by Gasteiger charge is 2.20. The van der Waals surface area contributed by atoms with Crippen molar-refractivity contribution < 1.29 is 9.53 Å². The van der Waals surface area contributed by atoms with Crippen LogP contribution in [0, 0.1) is 0 Å². The Morgan fingerprint density at radius 1 is 1.73 bits per heavy atom. The average molecular weight is 156 g/mol. The van der Waals surface area contributed by atoms with E-state index in [1.165, 1.54) is 13.0 Å². The molecule has 0 aromatic rings. The topological polar surface area (TPSA) is 50.1 Å². The fourth-order valence-corrected chi connectivity index (χ4v) is 0.389. The number of nitrogens with one attached hydrogen (secondary N) is 1. The predicted octanol–water partition coefficient (Wildman–Crippen LogP) is 1.17. The molecule has 0 heterocycles. The Labute approximate surface area is 67.2 Å². The van der Waals surface area contributed by atoms with Crippen molar-refractivity contribution in [1.82, 2.24) is 5.73 Å². The van der Waals surface area contributed by atoms with E-state index >= 15 is 0 Å². The first-order chi connectivity index (χ1) is 4.89. The van der Waals surface area contributed by atoms with Crippen LogP contribution in [0.2, 0.25) is 0 Å². The molecule has 0 spiro atoms. The highest BCUT2D eigenvalue weighted by Crippen LogP contribution is 2.10. The SMILES string of the molecule is C=CC(C)(C)OC(=O)C(C)[NH]. The molecule has 11 heavy (non-hydrogen) atoms. The van der Waals surface area contributed by atoms with Gasteiger partial charge < -0.3 is 4.74 Å². The number of hydrogen-bond donors (Lipinski definition) is 0. The molecule has 1 unspecified atom stereocenters. The lowest BCUT2D eigenvalue weighted by molar-refractivity contribution is -0.153. The van der Waals surface area contributed by atoms with Crippen molar-refractivity contribution in [3.63, 3.8) is 0 Å². The zero-order valence-electron chi connectivity index (χ0n) is 7.18. The summed E-state index contributed by atoms with van der Waals surface area (Å²) in [5, 5.41) is 0. The number of carbonyl (C=O) groups is 1. The maximum Gasteiger partial charge on any atom is 0.325 e. The second-order valence-corrected chi connectivity index (χ2v) is 2.95. The molecule has 3 heteroatoms. The third kappa shape index (κ3) is 3.78. The van der Waals surface area contributed by atoms with Crippen molar-refractivity contribution >= 4 is 5.97 Å². The first-order valence-electron chi connectivity index (χ1n) is 3.46. The van der Waals surface area contributed by atoms with Crippen LogP contribution < -0.4 is 5.73 Å². The maximum atomic E-state index is 10.9. The van der Waals surface area contributed by atoms with E-state index in [0.717, 1.165) is 0 Å². The molecule has 1 radical (unpaired) electrons. The van der Waals surface area contributed by atoms with Crippen LogP contribution in [0.3, 0.4) is 0 Å². The Kier molecular flexibility index (Phi) is 3.26. The summed E-state index contributed by atoms with van der Waals surface area (Å²) in [4.78, 5) is 10.9. The summed E-state index contributed by atoms with van der Waals surface area (Å²) in [6, 6.07) is -0.825. The van der Waals surface area contributed by atoms with Gasteiger partial charge in [-0.3, -0.25) is 4.79 Å². The normalized spacial score (nSPS) is 13.8. The van der Waals surface area contributed by atoms with E-state index in [1.807, 2.05) is 0 Å². The van der Waals surface area contributed by atoms with E-state index in [0.29, 0.717) is 0 Å². The number of esters is 1. The lowest BCUT2D eigenvalue weighted by atomic mass is 10.1. The van der Waals surface area contributed by atoms with Crippen LogP contribution in [0.4, 0.5) is 0 Å². The Bertz CT molecular complexity index is 161. The zero-order valence-corrected chi connectivity index (χ0v) is 7.18. The van der Waals surface area contributed by atoms with Gasteiger partial charge in [-0.25, -0.2) is 5.73 Å². The molecule has 0 aromatic heterocycles. The molecule has 1 N–H and O–H groups in total. The Hall–Kier alpha value is -0.830. The van der Waals surface area contributed by atoms with Gasteiger partial charge in [0.05, 0.1) is 0 Å². The van der Waals surface area contributed by atoms with Crippen molar-refractivity contribution in [3.05, 3.63) is 12.7 Å². The molecule has 0 saturated heterocycles. The van der Waals surface area contributed by atoms with Crippen LogP contribution in [0.15, 0.2) is 12.7 Å². The van der Waals surface area contributed by atoms with E-state index in [1.54, 1.807) is 13.8 Å². The summed E-state index contributed by atoms with van der Waals surface area (Å²) < 4.78 is 4.90. The van der Waals surface area contributed by atoms with Gasteiger partial charge in [-0.05, 0) is 26.8 Å². The molecule has 0 amide bonds. The van der Waals surface area contributed by atoms with E-state index < -0.39 is 17.6 Å². The van der Waals surface area contributed by atoms with Crippen molar-refractivity contribution in [3.8, 4) is 0 Å². The molecule has 3 nitrogen and oxygen atoms in total. The second kappa shape index (κ2) is 3.53. The molecule has 0 aliphatic heterocycles. The predicted molar refractivity (Wildman–Crippen MR) is 42.9 cm³/mol. The molecule has 0 aliphatic carbocycles. The lowest BCUT2D eigenvalue weighted by Crippen LogP contribution is -2.31. The van der Waals surface area contributed by atoms with Crippen molar-refractivity contribution in [2.75, 3.05) is 0 Å². The quantitative estimate of drug-likeness (QED) is 0.455. The molecule has 63 valence electrons. The monoisotopic (exact) mass is 156 g/mol. The molecule has 0 fully saturated rings. The van der Waals surface area contributed by atoms with Gasteiger partial charge in [0.2, 0.25) is 0 Å². The van der Waals surface area contributed by atoms with Crippen molar-refractivity contribution in [1.29, 1.82) is 0 Å². The summed E-state index contributed by atoms with van der Waals surface area (Å²) in [5.41, 5.74) is 6.37. The highest BCUT2D eigenvalue weighted by atomic mass is 16.6. The fraction of sp³-hybridized carbons (Fsp3) is 0.625. The molecule has 0 aromatic carbocycles. The van der Waals surface area contributed by atoms with E-state index in [4.69, 9.17) is 10.5 Å². The van der Waals surface area contributed by atoms with Gasteiger partial charge in [-0.1, -0.05) is 6.58 Å². The van der Waals surface area contributed by atoms with Gasteiger partial charge in [-0.2, -0.15) is 0 Å². The van der Waals surface area contributed by atoms with Crippen LogP contribution in [-0.4, -0.2) is 17.6 Å². The number of carbonyl (C=O) groups excluding carboxylic acids is 1. The van der Waals surface area contributed by atoms with Gasteiger partial charge in [0.15, 0.2) is 0 Å². The van der Waals surface area contributed by atoms with Crippen LogP contribution in [0.25, 0.3) is 0 Å². The van der Waals surface area contributed by atoms with Gasteiger partial charge >= 0.3 is 5.97 Å². The first kappa shape index (κ1) is 10.2. The smallest absolute Gasteiger partial charge is 0.325 e. The Morgan fingerprint density at radius 3 is 2.45 bits per heavy atom. The molecular weight excluding hydrogens is 142 g/mol. The Morgan fingerprint density at radius 2 is 2.18 bits per heavy atom. The van der Waals surface area contributed by atoms with Crippen LogP contribution in [0.1, 0.15) is 20.8 Å². The van der Waals surface area contributed by atoms with Gasteiger partial charge in [0.25, 0.3) is 0 Å². The van der Waals surface area contributed by atoms with Crippen LogP contribution in [-0.2, 0) is 9.53 Å². The highest BCUT2D eigenvalue weighted by molar-refractivity contribution is 5.75. The first-order valence-corrected chi connectivity index (χ1v) is 3.46. The summed E-state index contributed by atoms with van der Waals surface area (Å²) in [6.07, 6.45) is 1.54. The van der Waals surface area contributed by atoms with Gasteiger partial charge in [0, 0.05) is 0 Å². The van der Waals surface area contributed by atoms with Gasteiger partial charge in [-0.15, -0.1) is 0 Å². The maximum absolute atomic E-state index is 10.9. The lowest BCUT2D eigenvalue weighted by Gasteiger charge is -2.21. The molecular formula is C8H14NO2. The summed E-state index contributed by atoms with van der Waals surface area (Å²) in [7, 11) is 0. The largest absolute Gasteiger partial charge is 0.454 e. The number of ether oxygens (including phenoxy) is 1. The minimum Gasteiger partial charge on any atom is -0.454 e. The van der Waals surface area contributed by atoms with E-state index in [9.17, 15) is 4.79 Å². The summed E-state index contributed by atoms with van der Waals surface area (Å²) >= 11 is 0. The van der Waals surface area contributed by atoms with Crippen LogP contribution in [0.5, 0.6) is 0 Å².